The predicted molar refractivity (Wildman–Crippen MR) is 96.0 cm³/mol. The maximum atomic E-state index is 11.8. The highest BCUT2D eigenvalue weighted by molar-refractivity contribution is 5.75. The Morgan fingerprint density at radius 1 is 1.26 bits per heavy atom. The molecule has 0 unspecified atom stereocenters. The monoisotopic (exact) mass is 316 g/mol. The van der Waals surface area contributed by atoms with Crippen molar-refractivity contribution < 1.29 is 4.79 Å². The lowest BCUT2D eigenvalue weighted by molar-refractivity contribution is -0.121. The molecule has 1 aromatic carbocycles. The van der Waals surface area contributed by atoms with Crippen molar-refractivity contribution in [1.29, 1.82) is 0 Å². The number of amides is 1. The largest absolute Gasteiger partial charge is 0.352 e. The zero-order chi connectivity index (χ0) is 16.7. The number of hydrogen-bond acceptors (Lipinski definition) is 2. The minimum absolute atomic E-state index is 0.157. The quantitative estimate of drug-likeness (QED) is 0.825. The van der Waals surface area contributed by atoms with E-state index in [-0.39, 0.29) is 5.91 Å². The summed E-state index contributed by atoms with van der Waals surface area (Å²) in [7, 11) is 0. The van der Waals surface area contributed by atoms with Crippen LogP contribution in [0.3, 0.4) is 0 Å². The van der Waals surface area contributed by atoms with Gasteiger partial charge in [-0.3, -0.25) is 9.69 Å². The molecule has 128 valence electrons. The van der Waals surface area contributed by atoms with Crippen LogP contribution in [0.1, 0.15) is 57.6 Å². The highest BCUT2D eigenvalue weighted by Crippen LogP contribution is 2.18. The zero-order valence-corrected chi connectivity index (χ0v) is 15.0. The van der Waals surface area contributed by atoms with Gasteiger partial charge in [-0.05, 0) is 48.8 Å². The number of nitrogens with one attached hydrogen (secondary N) is 1. The lowest BCUT2D eigenvalue weighted by Crippen LogP contribution is -2.33. The number of rotatable bonds is 7. The highest BCUT2D eigenvalue weighted by atomic mass is 16.1. The molecule has 0 spiro atoms. The number of nitrogens with zero attached hydrogens (tertiary/aromatic N) is 1. The van der Waals surface area contributed by atoms with E-state index in [1.807, 2.05) is 0 Å². The van der Waals surface area contributed by atoms with Crippen LogP contribution in [0.2, 0.25) is 0 Å². The number of hydrogen-bond donors (Lipinski definition) is 1. The van der Waals surface area contributed by atoms with E-state index in [0.29, 0.717) is 18.9 Å². The first-order valence-corrected chi connectivity index (χ1v) is 9.10. The summed E-state index contributed by atoms with van der Waals surface area (Å²) in [5, 5.41) is 3.01. The number of carbonyl (C=O) groups excluding carboxylic acids is 1. The molecular weight excluding hydrogens is 284 g/mol. The summed E-state index contributed by atoms with van der Waals surface area (Å²) in [5.41, 5.74) is 2.55. The van der Waals surface area contributed by atoms with Crippen LogP contribution in [-0.2, 0) is 17.9 Å². The van der Waals surface area contributed by atoms with Crippen molar-refractivity contribution in [2.45, 2.75) is 59.5 Å². The topological polar surface area (TPSA) is 32.3 Å². The predicted octanol–water partition coefficient (Wildman–Crippen LogP) is 3.97. The summed E-state index contributed by atoms with van der Waals surface area (Å²) in [6.07, 6.45) is 4.27. The van der Waals surface area contributed by atoms with Crippen LogP contribution >= 0.6 is 0 Å². The van der Waals surface area contributed by atoms with E-state index in [4.69, 9.17) is 0 Å². The Hall–Kier alpha value is -1.35. The fourth-order valence-corrected chi connectivity index (χ4v) is 3.16. The molecule has 3 nitrogen and oxygen atoms in total. The summed E-state index contributed by atoms with van der Waals surface area (Å²) in [5.74, 6) is 1.56. The normalized spacial score (nSPS) is 19.0. The molecule has 1 N–H and O–H groups in total. The van der Waals surface area contributed by atoms with Crippen molar-refractivity contribution in [3.8, 4) is 0 Å². The highest BCUT2D eigenvalue weighted by Gasteiger charge is 2.16. The Kier molecular flexibility index (Phi) is 7.10. The second-order valence-corrected chi connectivity index (χ2v) is 7.51. The van der Waals surface area contributed by atoms with Gasteiger partial charge in [0.25, 0.3) is 0 Å². The minimum atomic E-state index is 0.157. The van der Waals surface area contributed by atoms with Crippen LogP contribution < -0.4 is 5.32 Å². The Balaban J connectivity index is 1.74. The Labute approximate surface area is 141 Å². The summed E-state index contributed by atoms with van der Waals surface area (Å²) in [6, 6.07) is 8.70. The van der Waals surface area contributed by atoms with Gasteiger partial charge in [0.15, 0.2) is 0 Å². The van der Waals surface area contributed by atoms with Crippen molar-refractivity contribution in [2.24, 2.45) is 11.8 Å². The first-order valence-electron chi connectivity index (χ1n) is 9.10. The third-order valence-corrected chi connectivity index (χ3v) is 4.61. The summed E-state index contributed by atoms with van der Waals surface area (Å²) < 4.78 is 0. The number of likely N-dealkylation sites (tertiary alicyclic amines) is 1. The molecule has 1 atom stereocenters. The van der Waals surface area contributed by atoms with Gasteiger partial charge in [0.1, 0.15) is 0 Å². The van der Waals surface area contributed by atoms with E-state index in [2.05, 4.69) is 55.3 Å². The van der Waals surface area contributed by atoms with Crippen molar-refractivity contribution in [2.75, 3.05) is 13.1 Å². The van der Waals surface area contributed by atoms with E-state index in [1.165, 1.54) is 37.1 Å². The van der Waals surface area contributed by atoms with Crippen LogP contribution in [0.15, 0.2) is 24.3 Å². The fourth-order valence-electron chi connectivity index (χ4n) is 3.16. The second kappa shape index (κ2) is 9.07. The molecule has 1 amide bonds. The van der Waals surface area contributed by atoms with Crippen LogP contribution in [-0.4, -0.2) is 23.9 Å². The Morgan fingerprint density at radius 2 is 1.96 bits per heavy atom. The molecule has 0 aliphatic carbocycles. The van der Waals surface area contributed by atoms with Crippen LogP contribution in [0.4, 0.5) is 0 Å². The molecule has 1 heterocycles. The van der Waals surface area contributed by atoms with E-state index in [9.17, 15) is 4.79 Å². The van der Waals surface area contributed by atoms with Crippen molar-refractivity contribution >= 4 is 5.91 Å². The van der Waals surface area contributed by atoms with Gasteiger partial charge in [0.2, 0.25) is 5.91 Å². The molecule has 1 saturated heterocycles. The van der Waals surface area contributed by atoms with Gasteiger partial charge >= 0.3 is 0 Å². The third kappa shape index (κ3) is 6.74. The van der Waals surface area contributed by atoms with Crippen LogP contribution in [0.25, 0.3) is 0 Å². The second-order valence-electron chi connectivity index (χ2n) is 7.51. The zero-order valence-electron chi connectivity index (χ0n) is 15.0. The Morgan fingerprint density at radius 3 is 2.61 bits per heavy atom. The van der Waals surface area contributed by atoms with Crippen molar-refractivity contribution in [3.05, 3.63) is 35.4 Å². The lowest BCUT2D eigenvalue weighted by Gasteiger charge is -2.30. The standard InChI is InChI=1S/C20H32N2O/c1-16(2)6-11-20(23)21-13-18-7-9-19(10-8-18)15-22-12-4-5-17(3)14-22/h7-10,16-17H,4-6,11-15H2,1-3H3,(H,21,23)/t17-/m0/s1. The van der Waals surface area contributed by atoms with Crippen molar-refractivity contribution in [1.82, 2.24) is 10.2 Å². The first-order chi connectivity index (χ1) is 11.0. The molecule has 0 radical (unpaired) electrons. The maximum Gasteiger partial charge on any atom is 0.220 e. The van der Waals surface area contributed by atoms with E-state index >= 15 is 0 Å². The SMILES string of the molecule is CC(C)CCC(=O)NCc1ccc(CN2CCC[C@H](C)C2)cc1. The molecule has 1 aliphatic rings. The molecule has 1 fully saturated rings. The molecule has 23 heavy (non-hydrogen) atoms. The molecule has 0 bridgehead atoms. The molecule has 0 saturated carbocycles. The van der Waals surface area contributed by atoms with Crippen molar-refractivity contribution in [3.63, 3.8) is 0 Å². The molecule has 1 aromatic rings. The fraction of sp³-hybridized carbons (Fsp3) is 0.650. The van der Waals surface area contributed by atoms with Crippen LogP contribution in [0, 0.1) is 11.8 Å². The number of carbonyl (C=O) groups is 1. The van der Waals surface area contributed by atoms with Crippen LogP contribution in [0.5, 0.6) is 0 Å². The van der Waals surface area contributed by atoms with Gasteiger partial charge in [-0.1, -0.05) is 45.0 Å². The summed E-state index contributed by atoms with van der Waals surface area (Å²) in [6.45, 7) is 10.8. The summed E-state index contributed by atoms with van der Waals surface area (Å²) in [4.78, 5) is 14.3. The van der Waals surface area contributed by atoms with Gasteiger partial charge in [-0.15, -0.1) is 0 Å². The number of piperidine rings is 1. The van der Waals surface area contributed by atoms with Gasteiger partial charge < -0.3 is 5.32 Å². The first kappa shape index (κ1) is 18.0. The van der Waals surface area contributed by atoms with E-state index in [1.54, 1.807) is 0 Å². The molecule has 1 aliphatic heterocycles. The third-order valence-electron chi connectivity index (χ3n) is 4.61. The smallest absolute Gasteiger partial charge is 0.220 e. The van der Waals surface area contributed by atoms with Gasteiger partial charge in [-0.2, -0.15) is 0 Å². The Bertz CT molecular complexity index is 481. The van der Waals surface area contributed by atoms with Gasteiger partial charge in [0.05, 0.1) is 0 Å². The molecular formula is C20H32N2O. The van der Waals surface area contributed by atoms with E-state index < -0.39 is 0 Å². The minimum Gasteiger partial charge on any atom is -0.352 e. The molecule has 3 heteroatoms. The van der Waals surface area contributed by atoms with Gasteiger partial charge in [0, 0.05) is 26.1 Å². The molecule has 0 aromatic heterocycles. The van der Waals surface area contributed by atoms with E-state index in [0.717, 1.165) is 18.9 Å². The summed E-state index contributed by atoms with van der Waals surface area (Å²) >= 11 is 0. The average Bonchev–Trinajstić information content (AvgIpc) is 2.52. The number of benzene rings is 1. The molecule has 2 rings (SSSR count). The maximum absolute atomic E-state index is 11.8. The van der Waals surface area contributed by atoms with Gasteiger partial charge in [-0.25, -0.2) is 0 Å². The average molecular weight is 316 g/mol. The lowest BCUT2D eigenvalue weighted by atomic mass is 9.99.